The first kappa shape index (κ1) is 21.2. The number of rotatable bonds is 6. The average Bonchev–Trinajstić information content (AvgIpc) is 3.34. The van der Waals surface area contributed by atoms with E-state index in [2.05, 4.69) is 9.98 Å². The van der Waals surface area contributed by atoms with Gasteiger partial charge in [-0.15, -0.1) is 23.1 Å². The highest BCUT2D eigenvalue weighted by Gasteiger charge is 2.30. The van der Waals surface area contributed by atoms with Crippen molar-refractivity contribution < 1.29 is 27.4 Å². The molecule has 0 fully saturated rings. The second-order valence-electron chi connectivity index (χ2n) is 6.47. The average molecular weight is 480 g/mol. The zero-order valence-corrected chi connectivity index (χ0v) is 18.2. The SMILES string of the molecule is Cc1cccc([N+](=O)[O-])c1S(=O)(=O)Oc1ccc2nc(C3=NC(C(=O)O)CS3)sc2c1. The van der Waals surface area contributed by atoms with Gasteiger partial charge in [0.15, 0.2) is 10.9 Å². The number of nitrogens with zero attached hydrogens (tertiary/aromatic N) is 3. The molecule has 0 spiro atoms. The highest BCUT2D eigenvalue weighted by Crippen LogP contribution is 2.34. The lowest BCUT2D eigenvalue weighted by atomic mass is 10.2. The number of aryl methyl sites for hydroxylation is 1. The Morgan fingerprint density at radius 1 is 1.32 bits per heavy atom. The van der Waals surface area contributed by atoms with E-state index in [0.717, 1.165) is 6.07 Å². The van der Waals surface area contributed by atoms with Crippen LogP contribution in [0.3, 0.4) is 0 Å². The molecule has 1 aliphatic rings. The summed E-state index contributed by atoms with van der Waals surface area (Å²) in [6.07, 6.45) is 0. The minimum Gasteiger partial charge on any atom is -0.480 e. The van der Waals surface area contributed by atoms with Gasteiger partial charge in [0.2, 0.25) is 0 Å². The Morgan fingerprint density at radius 3 is 2.77 bits per heavy atom. The van der Waals surface area contributed by atoms with E-state index in [4.69, 9.17) is 9.29 Å². The summed E-state index contributed by atoms with van der Waals surface area (Å²) < 4.78 is 31.3. The fourth-order valence-corrected chi connectivity index (χ4v) is 6.33. The van der Waals surface area contributed by atoms with Crippen LogP contribution in [0.5, 0.6) is 5.75 Å². The molecule has 0 amide bonds. The molecule has 160 valence electrons. The van der Waals surface area contributed by atoms with E-state index in [-0.39, 0.29) is 11.3 Å². The molecule has 1 N–H and O–H groups in total. The van der Waals surface area contributed by atoms with Gasteiger partial charge in [-0.3, -0.25) is 15.1 Å². The van der Waals surface area contributed by atoms with Crippen molar-refractivity contribution in [1.29, 1.82) is 0 Å². The minimum atomic E-state index is -4.46. The number of thioether (sulfide) groups is 1. The summed E-state index contributed by atoms with van der Waals surface area (Å²) in [4.78, 5) is 29.6. The van der Waals surface area contributed by atoms with Gasteiger partial charge in [0.1, 0.15) is 15.8 Å². The van der Waals surface area contributed by atoms with Crippen LogP contribution in [-0.4, -0.2) is 46.2 Å². The van der Waals surface area contributed by atoms with Crippen molar-refractivity contribution >= 4 is 60.1 Å². The monoisotopic (exact) mass is 479 g/mol. The Labute approximate surface area is 183 Å². The van der Waals surface area contributed by atoms with Crippen molar-refractivity contribution in [2.75, 3.05) is 5.75 Å². The molecular formula is C18H13N3O7S3. The molecule has 0 saturated heterocycles. The summed E-state index contributed by atoms with van der Waals surface area (Å²) in [5.74, 6) is -0.706. The molecule has 1 aliphatic heterocycles. The summed E-state index contributed by atoms with van der Waals surface area (Å²) in [6.45, 7) is 1.45. The van der Waals surface area contributed by atoms with E-state index in [9.17, 15) is 23.3 Å². The second-order valence-corrected chi connectivity index (χ2v) is 9.99. The number of benzene rings is 2. The van der Waals surface area contributed by atoms with Gasteiger partial charge in [-0.25, -0.2) is 9.78 Å². The van der Waals surface area contributed by atoms with Crippen molar-refractivity contribution in [1.82, 2.24) is 4.98 Å². The molecule has 0 bridgehead atoms. The van der Waals surface area contributed by atoms with Crippen molar-refractivity contribution in [3.63, 3.8) is 0 Å². The van der Waals surface area contributed by atoms with Gasteiger partial charge in [0.05, 0.1) is 15.1 Å². The predicted molar refractivity (Wildman–Crippen MR) is 116 cm³/mol. The van der Waals surface area contributed by atoms with Gasteiger partial charge in [-0.05, 0) is 24.6 Å². The maximum atomic E-state index is 12.8. The smallest absolute Gasteiger partial charge is 0.346 e. The number of hydrogen-bond acceptors (Lipinski definition) is 10. The van der Waals surface area contributed by atoms with Gasteiger partial charge >= 0.3 is 16.1 Å². The Hall–Kier alpha value is -3.03. The molecule has 0 aliphatic carbocycles. The topological polar surface area (TPSA) is 149 Å². The van der Waals surface area contributed by atoms with Crippen LogP contribution in [0.1, 0.15) is 10.6 Å². The number of nitro benzene ring substituents is 1. The third kappa shape index (κ3) is 4.11. The van der Waals surface area contributed by atoms with E-state index < -0.39 is 37.6 Å². The lowest BCUT2D eigenvalue weighted by Gasteiger charge is -2.09. The molecule has 1 aromatic heterocycles. The van der Waals surface area contributed by atoms with Crippen molar-refractivity contribution in [3.05, 3.63) is 57.1 Å². The number of hydrogen-bond donors (Lipinski definition) is 1. The molecule has 0 radical (unpaired) electrons. The van der Waals surface area contributed by atoms with Gasteiger partial charge in [-0.2, -0.15) is 8.42 Å². The van der Waals surface area contributed by atoms with Crippen LogP contribution in [-0.2, 0) is 14.9 Å². The van der Waals surface area contributed by atoms with Gasteiger partial charge in [0.25, 0.3) is 5.69 Å². The molecule has 0 saturated carbocycles. The molecule has 3 aromatic rings. The molecule has 10 nitrogen and oxygen atoms in total. The molecule has 1 atom stereocenters. The fraction of sp³-hybridized carbons (Fsp3) is 0.167. The summed E-state index contributed by atoms with van der Waals surface area (Å²) in [5.41, 5.74) is 0.193. The van der Waals surface area contributed by atoms with Crippen LogP contribution in [0.2, 0.25) is 0 Å². The van der Waals surface area contributed by atoms with Crippen LogP contribution in [0.4, 0.5) is 5.69 Å². The number of fused-ring (bicyclic) bond motifs is 1. The van der Waals surface area contributed by atoms with E-state index in [1.165, 1.54) is 54.3 Å². The summed E-state index contributed by atoms with van der Waals surface area (Å²) in [6, 6.07) is 7.56. The normalized spacial score (nSPS) is 16.3. The Balaban J connectivity index is 1.67. The number of aromatic nitrogens is 1. The summed E-state index contributed by atoms with van der Waals surface area (Å²) in [5, 5.41) is 21.4. The molecular weight excluding hydrogens is 466 g/mol. The maximum Gasteiger partial charge on any atom is 0.346 e. The third-order valence-corrected chi connectivity index (χ3v) is 7.97. The summed E-state index contributed by atoms with van der Waals surface area (Å²) >= 11 is 2.51. The quantitative estimate of drug-likeness (QED) is 0.319. The highest BCUT2D eigenvalue weighted by atomic mass is 32.2. The number of carbonyl (C=O) groups is 1. The molecule has 1 unspecified atom stereocenters. The van der Waals surface area contributed by atoms with Crippen LogP contribution in [0.15, 0.2) is 46.3 Å². The zero-order valence-electron chi connectivity index (χ0n) is 15.7. The number of thiazole rings is 1. The lowest BCUT2D eigenvalue weighted by molar-refractivity contribution is -0.388. The van der Waals surface area contributed by atoms with E-state index >= 15 is 0 Å². The standard InChI is InChI=1S/C18H13N3O7S3/c1-9-3-2-4-13(21(24)25)15(9)31(26,27)28-10-5-6-11-14(7-10)30-17(19-11)16-20-12(8-29-16)18(22)23/h2-7,12H,8H2,1H3,(H,22,23). The van der Waals surface area contributed by atoms with E-state index in [1.807, 2.05) is 0 Å². The Kier molecular flexibility index (Phi) is 5.41. The van der Waals surface area contributed by atoms with E-state index in [1.54, 1.807) is 6.07 Å². The molecule has 2 heterocycles. The number of carboxylic acids is 1. The molecule has 4 rings (SSSR count). The van der Waals surface area contributed by atoms with Crippen molar-refractivity contribution in [2.24, 2.45) is 4.99 Å². The predicted octanol–water partition coefficient (Wildman–Crippen LogP) is 3.23. The fourth-order valence-electron chi connectivity index (χ4n) is 2.94. The van der Waals surface area contributed by atoms with Gasteiger partial charge < -0.3 is 9.29 Å². The maximum absolute atomic E-state index is 12.8. The number of aliphatic imine (C=N–C) groups is 1. The molecule has 31 heavy (non-hydrogen) atoms. The van der Waals surface area contributed by atoms with E-state index in [0.29, 0.717) is 26.0 Å². The van der Waals surface area contributed by atoms with Crippen molar-refractivity contribution in [2.45, 2.75) is 17.9 Å². The first-order valence-electron chi connectivity index (χ1n) is 8.68. The van der Waals surface area contributed by atoms with Crippen LogP contribution in [0.25, 0.3) is 10.2 Å². The van der Waals surface area contributed by atoms with Gasteiger partial charge in [-0.1, -0.05) is 12.1 Å². The first-order chi connectivity index (χ1) is 14.7. The van der Waals surface area contributed by atoms with Crippen LogP contribution >= 0.6 is 23.1 Å². The number of carboxylic acid groups (broad SMARTS) is 1. The highest BCUT2D eigenvalue weighted by molar-refractivity contribution is 8.15. The largest absolute Gasteiger partial charge is 0.480 e. The zero-order chi connectivity index (χ0) is 22.3. The Bertz CT molecular complexity index is 1360. The minimum absolute atomic E-state index is 0.0234. The summed E-state index contributed by atoms with van der Waals surface area (Å²) in [7, 11) is -4.46. The second kappa shape index (κ2) is 7.90. The third-order valence-electron chi connectivity index (χ3n) is 4.32. The van der Waals surface area contributed by atoms with Crippen LogP contribution in [0, 0.1) is 17.0 Å². The number of nitro groups is 1. The van der Waals surface area contributed by atoms with Gasteiger partial charge in [0, 0.05) is 17.9 Å². The first-order valence-corrected chi connectivity index (χ1v) is 11.9. The number of aliphatic carboxylic acids is 1. The van der Waals surface area contributed by atoms with Crippen LogP contribution < -0.4 is 4.18 Å². The molecule has 2 aromatic carbocycles. The lowest BCUT2D eigenvalue weighted by Crippen LogP contribution is -2.17. The Morgan fingerprint density at radius 2 is 2.10 bits per heavy atom. The molecule has 13 heteroatoms. The van der Waals surface area contributed by atoms with Crippen molar-refractivity contribution in [3.8, 4) is 5.75 Å².